The van der Waals surface area contributed by atoms with Gasteiger partial charge in [0.15, 0.2) is 0 Å². The Morgan fingerprint density at radius 3 is 2.50 bits per heavy atom. The highest BCUT2D eigenvalue weighted by Crippen LogP contribution is 2.28. The van der Waals surface area contributed by atoms with Crippen molar-refractivity contribution in [2.24, 2.45) is 0 Å². The Morgan fingerprint density at radius 1 is 1.04 bits per heavy atom. The van der Waals surface area contributed by atoms with Crippen molar-refractivity contribution in [3.8, 4) is 0 Å². The summed E-state index contributed by atoms with van der Waals surface area (Å²) in [5, 5.41) is 8.62. The molecule has 0 fully saturated rings. The van der Waals surface area contributed by atoms with Crippen molar-refractivity contribution in [3.63, 3.8) is 0 Å². The Labute approximate surface area is 158 Å². The molecule has 2 aliphatic heterocycles. The van der Waals surface area contributed by atoms with E-state index in [1.54, 1.807) is 30.6 Å². The van der Waals surface area contributed by atoms with E-state index in [0.717, 1.165) is 12.1 Å². The molecular weight excluding hydrogens is 366 g/mol. The Kier molecular flexibility index (Phi) is 4.44. The molecule has 2 aromatic rings. The van der Waals surface area contributed by atoms with Crippen LogP contribution in [0.2, 0.25) is 0 Å². The molecule has 0 saturated heterocycles. The fraction of sp³-hybridized carbons (Fsp3) is 0.0500. The lowest BCUT2D eigenvalue weighted by molar-refractivity contribution is 0.0965. The molecule has 3 heterocycles. The molecule has 0 aliphatic carbocycles. The van der Waals surface area contributed by atoms with Gasteiger partial charge < -0.3 is 16.0 Å². The van der Waals surface area contributed by atoms with Crippen LogP contribution in [-0.4, -0.2) is 22.8 Å². The maximum Gasteiger partial charge on any atom is 0.257 e. The number of halogens is 2. The molecule has 140 valence electrons. The van der Waals surface area contributed by atoms with E-state index in [9.17, 15) is 18.4 Å². The topological polar surface area (TPSA) is 83.1 Å². The Hall–Kier alpha value is -3.81. The van der Waals surface area contributed by atoms with E-state index < -0.39 is 29.1 Å². The average Bonchev–Trinajstić information content (AvgIpc) is 3.11. The monoisotopic (exact) mass is 380 g/mol. The highest BCUT2D eigenvalue weighted by atomic mass is 19.1. The normalized spacial score (nSPS) is 17.4. The highest BCUT2D eigenvalue weighted by molar-refractivity contribution is 6.12. The summed E-state index contributed by atoms with van der Waals surface area (Å²) < 4.78 is 28.0. The number of pyridine rings is 1. The summed E-state index contributed by atoms with van der Waals surface area (Å²) in [6.45, 7) is 0. The second-order valence-electron chi connectivity index (χ2n) is 6.15. The summed E-state index contributed by atoms with van der Waals surface area (Å²) in [5.41, 5.74) is 0.734. The average molecular weight is 380 g/mol. The predicted octanol–water partition coefficient (Wildman–Crippen LogP) is 2.16. The zero-order chi connectivity index (χ0) is 19.7. The number of aromatic nitrogens is 1. The van der Waals surface area contributed by atoms with E-state index in [1.807, 2.05) is 0 Å². The zero-order valence-corrected chi connectivity index (χ0v) is 14.4. The van der Waals surface area contributed by atoms with Crippen molar-refractivity contribution >= 4 is 11.7 Å². The van der Waals surface area contributed by atoms with E-state index >= 15 is 0 Å². The van der Waals surface area contributed by atoms with E-state index in [0.29, 0.717) is 16.8 Å². The first-order valence-corrected chi connectivity index (χ1v) is 8.39. The molecule has 1 atom stereocenters. The van der Waals surface area contributed by atoms with Crippen molar-refractivity contribution in [2.75, 3.05) is 0 Å². The number of fused-ring (bicyclic) bond motifs is 1. The Balaban J connectivity index is 1.59. The van der Waals surface area contributed by atoms with Crippen LogP contribution in [0.15, 0.2) is 78.0 Å². The maximum absolute atomic E-state index is 14.0. The molecule has 1 unspecified atom stereocenters. The molecule has 3 N–H and O–H groups in total. The number of ketones is 1. The third-order valence-electron chi connectivity index (χ3n) is 4.35. The minimum Gasteiger partial charge on any atom is -0.367 e. The summed E-state index contributed by atoms with van der Waals surface area (Å²) in [5.74, 6) is -3.02. The van der Waals surface area contributed by atoms with Gasteiger partial charge in [-0.3, -0.25) is 14.6 Å². The van der Waals surface area contributed by atoms with Crippen LogP contribution in [0.3, 0.4) is 0 Å². The standard InChI is InChI=1S/C20H14F2N4O2/c21-15-4-1-5-16(22)17(15)18(27)14-10-25-19-13(14)7-12(9-24-19)26-20(28)11-3-2-6-23-8-11/h1-10,19,24-25H,(H,26,28). The van der Waals surface area contributed by atoms with Gasteiger partial charge in [-0.2, -0.15) is 0 Å². The number of hydrogen-bond acceptors (Lipinski definition) is 5. The molecular formula is C20H14F2N4O2. The lowest BCUT2D eigenvalue weighted by Crippen LogP contribution is -2.39. The van der Waals surface area contributed by atoms with E-state index in [-0.39, 0.29) is 11.5 Å². The number of dihydropyridines is 1. The van der Waals surface area contributed by atoms with Gasteiger partial charge in [-0.05, 0) is 30.3 Å². The van der Waals surface area contributed by atoms with Crippen molar-refractivity contribution < 1.29 is 18.4 Å². The molecule has 0 radical (unpaired) electrons. The highest BCUT2D eigenvalue weighted by Gasteiger charge is 2.32. The van der Waals surface area contributed by atoms with Crippen molar-refractivity contribution in [1.29, 1.82) is 0 Å². The zero-order valence-electron chi connectivity index (χ0n) is 14.4. The summed E-state index contributed by atoms with van der Waals surface area (Å²) in [4.78, 5) is 28.9. The number of rotatable bonds is 4. The second kappa shape index (κ2) is 7.07. The Morgan fingerprint density at radius 2 is 1.79 bits per heavy atom. The van der Waals surface area contributed by atoms with Crippen molar-refractivity contribution in [1.82, 2.24) is 20.9 Å². The predicted molar refractivity (Wildman–Crippen MR) is 96.7 cm³/mol. The van der Waals surface area contributed by atoms with Gasteiger partial charge in [-0.15, -0.1) is 0 Å². The van der Waals surface area contributed by atoms with Crippen molar-refractivity contribution in [3.05, 3.63) is 101 Å². The number of carbonyl (C=O) groups excluding carboxylic acids is 2. The van der Waals surface area contributed by atoms with Crippen LogP contribution in [0.1, 0.15) is 20.7 Å². The van der Waals surface area contributed by atoms with Gasteiger partial charge in [0.2, 0.25) is 5.78 Å². The van der Waals surface area contributed by atoms with Crippen LogP contribution in [-0.2, 0) is 0 Å². The molecule has 1 amide bonds. The van der Waals surface area contributed by atoms with Gasteiger partial charge in [0.1, 0.15) is 17.8 Å². The number of nitrogens with one attached hydrogen (secondary N) is 3. The number of carbonyl (C=O) groups is 2. The van der Waals surface area contributed by atoms with Crippen LogP contribution in [0, 0.1) is 11.6 Å². The summed E-state index contributed by atoms with van der Waals surface area (Å²) in [6.07, 6.45) is 7.09. The van der Waals surface area contributed by atoms with Gasteiger partial charge in [0, 0.05) is 35.9 Å². The molecule has 2 aliphatic rings. The Bertz CT molecular complexity index is 1040. The molecule has 6 nitrogen and oxygen atoms in total. The maximum atomic E-state index is 14.0. The second-order valence-corrected chi connectivity index (χ2v) is 6.15. The van der Waals surface area contributed by atoms with Gasteiger partial charge in [0.25, 0.3) is 5.91 Å². The number of Topliss-reactive ketones (excluding diaryl/α,β-unsaturated/α-hetero) is 1. The number of benzene rings is 1. The van der Waals surface area contributed by atoms with E-state index in [1.165, 1.54) is 18.5 Å². The lowest BCUT2D eigenvalue weighted by Gasteiger charge is -2.21. The third-order valence-corrected chi connectivity index (χ3v) is 4.35. The van der Waals surface area contributed by atoms with Crippen LogP contribution in [0.25, 0.3) is 0 Å². The minimum atomic E-state index is -0.931. The molecule has 0 saturated carbocycles. The first-order chi connectivity index (χ1) is 13.5. The van der Waals surface area contributed by atoms with E-state index in [4.69, 9.17) is 0 Å². The molecule has 8 heteroatoms. The molecule has 0 spiro atoms. The number of hydrogen-bond donors (Lipinski definition) is 3. The number of nitrogens with zero attached hydrogens (tertiary/aromatic N) is 1. The first kappa shape index (κ1) is 17.6. The lowest BCUT2D eigenvalue weighted by atomic mass is 9.95. The van der Waals surface area contributed by atoms with Crippen LogP contribution < -0.4 is 16.0 Å². The minimum absolute atomic E-state index is 0.114. The van der Waals surface area contributed by atoms with Crippen molar-refractivity contribution in [2.45, 2.75) is 6.17 Å². The smallest absolute Gasteiger partial charge is 0.257 e. The fourth-order valence-corrected chi connectivity index (χ4v) is 3.00. The summed E-state index contributed by atoms with van der Waals surface area (Å²) in [6, 6.07) is 6.51. The molecule has 0 bridgehead atoms. The number of amides is 1. The van der Waals surface area contributed by atoms with E-state index in [2.05, 4.69) is 20.9 Å². The molecule has 4 rings (SSSR count). The van der Waals surface area contributed by atoms with Crippen LogP contribution in [0.4, 0.5) is 8.78 Å². The van der Waals surface area contributed by atoms with Crippen LogP contribution >= 0.6 is 0 Å². The van der Waals surface area contributed by atoms with Crippen LogP contribution in [0.5, 0.6) is 0 Å². The first-order valence-electron chi connectivity index (χ1n) is 8.39. The quantitative estimate of drug-likeness (QED) is 0.708. The van der Waals surface area contributed by atoms with Gasteiger partial charge in [-0.25, -0.2) is 8.78 Å². The molecule has 1 aromatic heterocycles. The molecule has 1 aromatic carbocycles. The van der Waals surface area contributed by atoms with Gasteiger partial charge >= 0.3 is 0 Å². The van der Waals surface area contributed by atoms with Gasteiger partial charge in [0.05, 0.1) is 16.8 Å². The summed E-state index contributed by atoms with van der Waals surface area (Å²) in [7, 11) is 0. The summed E-state index contributed by atoms with van der Waals surface area (Å²) >= 11 is 0. The SMILES string of the molecule is O=C(NC1=CNC2NC=C(C(=O)c3c(F)cccc3F)C2=C1)c1cccnc1. The fourth-order valence-electron chi connectivity index (χ4n) is 3.00. The number of allylic oxidation sites excluding steroid dienone is 1. The molecule has 28 heavy (non-hydrogen) atoms. The third kappa shape index (κ3) is 3.16. The van der Waals surface area contributed by atoms with Gasteiger partial charge in [-0.1, -0.05) is 6.07 Å². The largest absolute Gasteiger partial charge is 0.367 e.